The molecule has 0 aliphatic carbocycles. The van der Waals surface area contributed by atoms with E-state index in [1.54, 1.807) is 33.3 Å². The highest BCUT2D eigenvalue weighted by Gasteiger charge is 2.32. The Kier molecular flexibility index (Phi) is 10.1. The lowest BCUT2D eigenvalue weighted by atomic mass is 9.84. The first-order valence-corrected chi connectivity index (χ1v) is 15.8. The summed E-state index contributed by atoms with van der Waals surface area (Å²) in [6.45, 7) is 4.42. The van der Waals surface area contributed by atoms with Crippen molar-refractivity contribution in [2.45, 2.75) is 37.6 Å². The largest absolute Gasteiger partial charge is 0.456 e. The van der Waals surface area contributed by atoms with Crippen LogP contribution in [0.3, 0.4) is 0 Å². The summed E-state index contributed by atoms with van der Waals surface area (Å²) < 4.78 is 34.4. The van der Waals surface area contributed by atoms with Gasteiger partial charge in [-0.25, -0.2) is 13.9 Å². The zero-order valence-electron chi connectivity index (χ0n) is 26.0. The molecule has 0 saturated carbocycles. The van der Waals surface area contributed by atoms with Crippen LogP contribution in [0.25, 0.3) is 0 Å². The third kappa shape index (κ3) is 6.76. The fourth-order valence-corrected chi connectivity index (χ4v) is 7.06. The third-order valence-corrected chi connectivity index (χ3v) is 10.0. The maximum Gasteiger partial charge on any atom is 0.307 e. The molecule has 2 N–H and O–H groups in total. The van der Waals surface area contributed by atoms with Crippen molar-refractivity contribution in [3.8, 4) is 0 Å². The van der Waals surface area contributed by atoms with E-state index in [9.17, 15) is 18.0 Å². The van der Waals surface area contributed by atoms with E-state index in [4.69, 9.17) is 10.3 Å². The third-order valence-electron chi connectivity index (χ3n) is 8.16. The zero-order valence-corrected chi connectivity index (χ0v) is 26.9. The smallest absolute Gasteiger partial charge is 0.307 e. The Labute approximate surface area is 259 Å². The van der Waals surface area contributed by atoms with Gasteiger partial charge in [0.05, 0.1) is 17.8 Å². The van der Waals surface area contributed by atoms with E-state index in [2.05, 4.69) is 10.4 Å². The van der Waals surface area contributed by atoms with Gasteiger partial charge in [-0.3, -0.25) is 9.59 Å². The maximum absolute atomic E-state index is 13.8. The van der Waals surface area contributed by atoms with Crippen molar-refractivity contribution in [2.24, 2.45) is 5.11 Å². The van der Waals surface area contributed by atoms with Crippen LogP contribution in [-0.2, 0) is 30.9 Å². The average Bonchev–Trinajstić information content (AvgIpc) is 3.09. The standard InChI is InChI=1S/C32H40N6O5S/c1-21-11-12-23(17-24(21)19-38-16-15-37(6)28-9-7-8-10-29(28)44(38,41)42)26(18-31(40)43-20-30(39)36(4)5)25-13-14-27(34-3)32(35-33)22(25)2/h7-14,17,26,33-34H,15-16,18-20H2,1-6H3. The lowest BCUT2D eigenvalue weighted by molar-refractivity contribution is -0.151. The molecule has 0 aromatic heterocycles. The second kappa shape index (κ2) is 13.6. The number of ether oxygens (including phenoxy) is 1. The van der Waals surface area contributed by atoms with Gasteiger partial charge in [-0.2, -0.15) is 9.42 Å². The molecular weight excluding hydrogens is 580 g/mol. The molecule has 1 atom stereocenters. The van der Waals surface area contributed by atoms with E-state index >= 15 is 0 Å². The normalized spacial score (nSPS) is 15.1. The minimum Gasteiger partial charge on any atom is -0.456 e. The Balaban J connectivity index is 1.74. The first-order chi connectivity index (χ1) is 20.9. The van der Waals surface area contributed by atoms with Crippen molar-refractivity contribution in [1.29, 1.82) is 5.53 Å². The number of fused-ring (bicyclic) bond motifs is 1. The highest BCUT2D eigenvalue weighted by molar-refractivity contribution is 7.89. The lowest BCUT2D eigenvalue weighted by Gasteiger charge is -2.24. The van der Waals surface area contributed by atoms with Crippen LogP contribution < -0.4 is 10.2 Å². The van der Waals surface area contributed by atoms with E-state index in [1.807, 2.05) is 68.3 Å². The first kappa shape index (κ1) is 32.6. The summed E-state index contributed by atoms with van der Waals surface area (Å²) in [5, 5.41) is 6.79. The molecular formula is C32H40N6O5S. The second-order valence-corrected chi connectivity index (χ2v) is 13.1. The molecule has 3 aromatic rings. The summed E-state index contributed by atoms with van der Waals surface area (Å²) >= 11 is 0. The number of esters is 1. The number of benzene rings is 3. The molecule has 1 unspecified atom stereocenters. The van der Waals surface area contributed by atoms with Gasteiger partial charge in [0.15, 0.2) is 6.61 Å². The quantitative estimate of drug-likeness (QED) is 0.246. The molecule has 0 bridgehead atoms. The maximum atomic E-state index is 13.8. The molecule has 4 rings (SSSR count). The molecule has 1 aliphatic rings. The van der Waals surface area contributed by atoms with Crippen molar-refractivity contribution in [3.05, 3.63) is 82.4 Å². The predicted molar refractivity (Wildman–Crippen MR) is 170 cm³/mol. The van der Waals surface area contributed by atoms with Gasteiger partial charge < -0.3 is 19.9 Å². The Bertz CT molecular complexity index is 1670. The SMILES string of the molecule is CNc1ccc(C(CC(=O)OCC(=O)N(C)C)c2ccc(C)c(CN3CCN(C)c4ccccc4S3(=O)=O)c2)c(C)c1N=N. The van der Waals surface area contributed by atoms with E-state index in [1.165, 1.54) is 9.21 Å². The summed E-state index contributed by atoms with van der Waals surface area (Å²) in [5.41, 5.74) is 13.6. The average molecular weight is 621 g/mol. The summed E-state index contributed by atoms with van der Waals surface area (Å²) in [6.07, 6.45) is -0.0689. The summed E-state index contributed by atoms with van der Waals surface area (Å²) in [4.78, 5) is 28.8. The van der Waals surface area contributed by atoms with Crippen molar-refractivity contribution in [2.75, 3.05) is 58.1 Å². The van der Waals surface area contributed by atoms with Crippen LogP contribution in [0.2, 0.25) is 0 Å². The van der Waals surface area contributed by atoms with Gasteiger partial charge in [0.1, 0.15) is 10.6 Å². The van der Waals surface area contributed by atoms with Crippen molar-refractivity contribution < 1.29 is 22.7 Å². The molecule has 1 heterocycles. The van der Waals surface area contributed by atoms with Crippen molar-refractivity contribution in [1.82, 2.24) is 9.21 Å². The number of likely N-dealkylation sites (N-methyl/N-ethyl adjacent to an activating group) is 2. The number of aryl methyl sites for hydroxylation is 1. The van der Waals surface area contributed by atoms with Crippen LogP contribution in [0.5, 0.6) is 0 Å². The Morgan fingerprint density at radius 1 is 1.09 bits per heavy atom. The van der Waals surface area contributed by atoms with Gasteiger partial charge in [0.25, 0.3) is 5.91 Å². The number of anilines is 2. The van der Waals surface area contributed by atoms with Crippen LogP contribution in [0, 0.1) is 19.4 Å². The molecule has 0 saturated heterocycles. The van der Waals surface area contributed by atoms with Gasteiger partial charge in [0.2, 0.25) is 10.0 Å². The molecule has 234 valence electrons. The number of carbonyl (C=O) groups excluding carboxylic acids is 2. The highest BCUT2D eigenvalue weighted by Crippen LogP contribution is 2.39. The molecule has 3 aromatic carbocycles. The summed E-state index contributed by atoms with van der Waals surface area (Å²) in [7, 11) is 3.04. The topological polar surface area (TPSA) is 135 Å². The number of carbonyl (C=O) groups is 2. The van der Waals surface area contributed by atoms with E-state index in [0.29, 0.717) is 30.2 Å². The van der Waals surface area contributed by atoms with Crippen LogP contribution in [0.1, 0.15) is 40.2 Å². The van der Waals surface area contributed by atoms with Crippen LogP contribution in [-0.4, -0.2) is 77.4 Å². The number of hydrogen-bond acceptors (Lipinski definition) is 9. The first-order valence-electron chi connectivity index (χ1n) is 14.3. The number of nitrogens with one attached hydrogen (secondary N) is 2. The Hall–Kier alpha value is -4.29. The molecule has 1 aliphatic heterocycles. The minimum absolute atomic E-state index is 0.0689. The molecule has 11 nitrogen and oxygen atoms in total. The van der Waals surface area contributed by atoms with Crippen LogP contribution in [0.15, 0.2) is 64.6 Å². The highest BCUT2D eigenvalue weighted by atomic mass is 32.2. The summed E-state index contributed by atoms with van der Waals surface area (Å²) in [6, 6.07) is 16.5. The minimum atomic E-state index is -3.78. The van der Waals surface area contributed by atoms with Crippen molar-refractivity contribution >= 4 is 39.0 Å². The van der Waals surface area contributed by atoms with E-state index in [-0.39, 0.29) is 30.4 Å². The Morgan fingerprint density at radius 3 is 2.50 bits per heavy atom. The fourth-order valence-electron chi connectivity index (χ4n) is 5.41. The number of rotatable bonds is 10. The van der Waals surface area contributed by atoms with Crippen LogP contribution in [0.4, 0.5) is 17.1 Å². The van der Waals surface area contributed by atoms with Gasteiger partial charge >= 0.3 is 5.97 Å². The molecule has 1 amide bonds. The fraction of sp³-hybridized carbons (Fsp3) is 0.375. The van der Waals surface area contributed by atoms with E-state index < -0.39 is 21.9 Å². The zero-order chi connectivity index (χ0) is 32.2. The van der Waals surface area contributed by atoms with Gasteiger partial charge in [-0.05, 0) is 59.9 Å². The lowest BCUT2D eigenvalue weighted by Crippen LogP contribution is -2.33. The number of sulfonamides is 1. The molecule has 12 heteroatoms. The monoisotopic (exact) mass is 620 g/mol. The summed E-state index contributed by atoms with van der Waals surface area (Å²) in [5.74, 6) is -1.39. The molecule has 0 spiro atoms. The van der Waals surface area contributed by atoms with Crippen LogP contribution >= 0.6 is 0 Å². The van der Waals surface area contributed by atoms with Gasteiger partial charge in [0, 0.05) is 53.7 Å². The Morgan fingerprint density at radius 2 is 1.82 bits per heavy atom. The predicted octanol–water partition coefficient (Wildman–Crippen LogP) is 4.80. The molecule has 0 radical (unpaired) electrons. The van der Waals surface area contributed by atoms with Gasteiger partial charge in [-0.15, -0.1) is 0 Å². The molecule has 0 fully saturated rings. The number of hydrogen-bond donors (Lipinski definition) is 2. The second-order valence-electron chi connectivity index (χ2n) is 11.2. The number of nitrogens with zero attached hydrogens (tertiary/aromatic N) is 4. The molecule has 44 heavy (non-hydrogen) atoms. The van der Waals surface area contributed by atoms with Crippen molar-refractivity contribution in [3.63, 3.8) is 0 Å². The number of amides is 1. The number of para-hydroxylation sites is 1. The van der Waals surface area contributed by atoms with E-state index in [0.717, 1.165) is 27.8 Å². The van der Waals surface area contributed by atoms with Gasteiger partial charge in [-0.1, -0.05) is 36.4 Å².